The van der Waals surface area contributed by atoms with Crippen molar-refractivity contribution >= 4 is 49.1 Å². The average molecular weight is 629 g/mol. The van der Waals surface area contributed by atoms with Gasteiger partial charge in [0, 0.05) is 58.0 Å². The fraction of sp³-hybridized carbons (Fsp3) is 0.0698. The first-order valence-electron chi connectivity index (χ1n) is 17.1. The SMILES string of the molecule is Cc1c(-c2cc3ccccn3c2)c(C)[n+]2n1-c1cccc3c1C21c2c4c(cc5c6ccccc6n(c25)-c2cccc[n+]21)c1ccccc1n4-3. The molecule has 3 aliphatic heterocycles. The maximum absolute atomic E-state index is 2.63. The van der Waals surface area contributed by atoms with Crippen LogP contribution in [0.5, 0.6) is 0 Å². The zero-order valence-corrected chi connectivity index (χ0v) is 26.9. The third-order valence-electron chi connectivity index (χ3n) is 11.9. The van der Waals surface area contributed by atoms with E-state index in [1.807, 2.05) is 0 Å². The summed E-state index contributed by atoms with van der Waals surface area (Å²) in [7, 11) is 0. The number of hydrogen-bond acceptors (Lipinski definition) is 0. The fourth-order valence-electron chi connectivity index (χ4n) is 10.3. The Morgan fingerprint density at radius 2 is 1.33 bits per heavy atom. The van der Waals surface area contributed by atoms with Crippen LogP contribution in [0.1, 0.15) is 22.5 Å². The average Bonchev–Trinajstić information content (AvgIpc) is 3.92. The largest absolute Gasteiger partial charge is 0.394 e. The predicted octanol–water partition coefficient (Wildman–Crippen LogP) is 8.02. The molecular weight excluding hydrogens is 601 g/mol. The number of hydrogen-bond donors (Lipinski definition) is 0. The van der Waals surface area contributed by atoms with Crippen molar-refractivity contribution in [3.63, 3.8) is 0 Å². The van der Waals surface area contributed by atoms with Gasteiger partial charge in [-0.1, -0.05) is 53.2 Å². The van der Waals surface area contributed by atoms with Crippen LogP contribution in [0, 0.1) is 13.8 Å². The van der Waals surface area contributed by atoms with Crippen LogP contribution in [0.25, 0.3) is 77.4 Å². The number of fused-ring (bicyclic) bond motifs is 12. The minimum Gasteiger partial charge on any atom is -0.323 e. The van der Waals surface area contributed by atoms with Crippen molar-refractivity contribution in [1.29, 1.82) is 0 Å². The van der Waals surface area contributed by atoms with Crippen molar-refractivity contribution < 1.29 is 9.25 Å². The summed E-state index contributed by atoms with van der Waals surface area (Å²) in [5.41, 5.74) is 15.8. The Labute approximate surface area is 280 Å². The van der Waals surface area contributed by atoms with Crippen LogP contribution in [0.3, 0.4) is 0 Å². The van der Waals surface area contributed by atoms with Crippen molar-refractivity contribution in [3.05, 3.63) is 156 Å². The van der Waals surface area contributed by atoms with Crippen LogP contribution in [0.15, 0.2) is 134 Å². The Kier molecular flexibility index (Phi) is 3.95. The summed E-state index contributed by atoms with van der Waals surface area (Å²) in [5, 5.41) is 5.18. The molecule has 0 fully saturated rings. The molecule has 3 aliphatic rings. The van der Waals surface area contributed by atoms with Gasteiger partial charge in [0.15, 0.2) is 5.52 Å². The van der Waals surface area contributed by atoms with Crippen LogP contribution in [0.2, 0.25) is 0 Å². The van der Waals surface area contributed by atoms with Gasteiger partial charge in [-0.3, -0.25) is 0 Å². The topological polar surface area (TPSA) is 27.0 Å². The highest BCUT2D eigenvalue weighted by Crippen LogP contribution is 2.55. The quantitative estimate of drug-likeness (QED) is 0.165. The van der Waals surface area contributed by atoms with Crippen LogP contribution in [0.4, 0.5) is 0 Å². The van der Waals surface area contributed by atoms with E-state index in [0.717, 1.165) is 0 Å². The van der Waals surface area contributed by atoms with E-state index in [2.05, 4.69) is 175 Å². The molecule has 0 saturated heterocycles. The highest BCUT2D eigenvalue weighted by atomic mass is 15.5. The van der Waals surface area contributed by atoms with Crippen LogP contribution >= 0.6 is 0 Å². The Morgan fingerprint density at radius 3 is 2.14 bits per heavy atom. The maximum Gasteiger partial charge on any atom is 0.394 e. The lowest BCUT2D eigenvalue weighted by Crippen LogP contribution is -2.77. The maximum atomic E-state index is 2.63. The monoisotopic (exact) mass is 628 g/mol. The standard InChI is InChI=1S/C43H28N6/c1-25-38(27-22-28-12-7-9-20-44(28)24-27)26(2)49-43-39-35(17-11-18-36(39)48(25)49)46-33-15-5-3-13-29(33)31-23-32-30-14-4-6-16-34(30)47(42(32)40(43)41(31)46)37-19-8-10-21-45(37)43/h3-24H,1-2H3/q+2. The smallest absolute Gasteiger partial charge is 0.323 e. The van der Waals surface area contributed by atoms with Gasteiger partial charge in [0.25, 0.3) is 5.82 Å². The second kappa shape index (κ2) is 7.83. The van der Waals surface area contributed by atoms with Gasteiger partial charge in [0.1, 0.15) is 22.3 Å². The number of aromatic nitrogens is 6. The van der Waals surface area contributed by atoms with E-state index in [4.69, 9.17) is 0 Å². The number of para-hydroxylation sites is 2. The van der Waals surface area contributed by atoms with Crippen LogP contribution in [-0.4, -0.2) is 18.2 Å². The molecule has 6 aromatic heterocycles. The molecule has 1 spiro atoms. The highest BCUT2D eigenvalue weighted by molar-refractivity contribution is 6.22. The molecule has 49 heavy (non-hydrogen) atoms. The van der Waals surface area contributed by atoms with Crippen LogP contribution < -0.4 is 9.25 Å². The molecule has 4 aromatic carbocycles. The van der Waals surface area contributed by atoms with Gasteiger partial charge in [0.05, 0.1) is 34.2 Å². The summed E-state index contributed by atoms with van der Waals surface area (Å²) >= 11 is 0. The lowest BCUT2D eigenvalue weighted by molar-refractivity contribution is -0.995. The Hall–Kier alpha value is -6.40. The third kappa shape index (κ3) is 2.44. The molecule has 1 unspecified atom stereocenters. The lowest BCUT2D eigenvalue weighted by Gasteiger charge is -2.33. The summed E-state index contributed by atoms with van der Waals surface area (Å²) < 4.78 is 15.0. The molecule has 6 nitrogen and oxygen atoms in total. The Bertz CT molecular complexity index is 3130. The van der Waals surface area contributed by atoms with Gasteiger partial charge < -0.3 is 8.97 Å². The second-order valence-corrected chi connectivity index (χ2v) is 14.0. The van der Waals surface area contributed by atoms with Crippen molar-refractivity contribution in [1.82, 2.24) is 18.2 Å². The molecule has 10 aromatic rings. The number of pyridine rings is 2. The first-order valence-corrected chi connectivity index (χ1v) is 17.1. The molecule has 0 radical (unpaired) electrons. The molecule has 1 atom stereocenters. The van der Waals surface area contributed by atoms with Gasteiger partial charge in [-0.15, -0.1) is 4.68 Å². The van der Waals surface area contributed by atoms with Gasteiger partial charge in [-0.2, -0.15) is 9.13 Å². The predicted molar refractivity (Wildman–Crippen MR) is 192 cm³/mol. The van der Waals surface area contributed by atoms with E-state index in [-0.39, 0.29) is 0 Å². The third-order valence-corrected chi connectivity index (χ3v) is 11.9. The van der Waals surface area contributed by atoms with E-state index >= 15 is 0 Å². The van der Waals surface area contributed by atoms with Crippen molar-refractivity contribution in [3.8, 4) is 28.3 Å². The molecule has 228 valence electrons. The summed E-state index contributed by atoms with van der Waals surface area (Å²) in [6, 6.07) is 42.7. The summed E-state index contributed by atoms with van der Waals surface area (Å²) in [5.74, 6) is 1.17. The van der Waals surface area contributed by atoms with E-state index in [9.17, 15) is 0 Å². The number of benzene rings is 4. The van der Waals surface area contributed by atoms with Crippen molar-refractivity contribution in [2.45, 2.75) is 19.5 Å². The first-order chi connectivity index (χ1) is 24.2. The number of rotatable bonds is 1. The highest BCUT2D eigenvalue weighted by Gasteiger charge is 2.69. The van der Waals surface area contributed by atoms with Crippen LogP contribution in [-0.2, 0) is 5.66 Å². The molecule has 13 rings (SSSR count). The second-order valence-electron chi connectivity index (χ2n) is 14.0. The molecule has 0 amide bonds. The Morgan fingerprint density at radius 1 is 0.612 bits per heavy atom. The lowest BCUT2D eigenvalue weighted by atomic mass is 9.82. The molecule has 0 aliphatic carbocycles. The molecule has 0 saturated carbocycles. The Balaban J connectivity index is 1.34. The van der Waals surface area contributed by atoms with Gasteiger partial charge in [0.2, 0.25) is 5.69 Å². The van der Waals surface area contributed by atoms with Crippen molar-refractivity contribution in [2.24, 2.45) is 0 Å². The molecule has 0 N–H and O–H groups in total. The minimum absolute atomic E-state index is 0.665. The van der Waals surface area contributed by atoms with Gasteiger partial charge in [-0.25, -0.2) is 0 Å². The molecule has 6 heteroatoms. The van der Waals surface area contributed by atoms with E-state index in [0.29, 0.717) is 0 Å². The molecular formula is C43H28N6+2. The van der Waals surface area contributed by atoms with Gasteiger partial charge in [-0.05, 0) is 67.6 Å². The number of nitrogens with zero attached hydrogens (tertiary/aromatic N) is 6. The zero-order valence-electron chi connectivity index (χ0n) is 26.9. The van der Waals surface area contributed by atoms with E-state index in [1.54, 1.807) is 0 Å². The molecule has 9 heterocycles. The zero-order chi connectivity index (χ0) is 31.9. The molecule has 0 bridgehead atoms. The van der Waals surface area contributed by atoms with Crippen molar-refractivity contribution in [2.75, 3.05) is 0 Å². The van der Waals surface area contributed by atoms with E-state index < -0.39 is 5.66 Å². The minimum atomic E-state index is -0.665. The van der Waals surface area contributed by atoms with Gasteiger partial charge >= 0.3 is 5.66 Å². The fourth-order valence-corrected chi connectivity index (χ4v) is 10.3. The summed E-state index contributed by atoms with van der Waals surface area (Å²) in [4.78, 5) is 0. The van der Waals surface area contributed by atoms with E-state index in [1.165, 1.54) is 100.0 Å². The first kappa shape index (κ1) is 24.7. The summed E-state index contributed by atoms with van der Waals surface area (Å²) in [6.45, 7) is 4.63. The normalized spacial score (nSPS) is 16.4. The summed E-state index contributed by atoms with van der Waals surface area (Å²) in [6.07, 6.45) is 6.74.